The Morgan fingerprint density at radius 1 is 1.39 bits per heavy atom. The summed E-state index contributed by atoms with van der Waals surface area (Å²) in [6, 6.07) is 1.77. The van der Waals surface area contributed by atoms with Crippen LogP contribution in [0.15, 0.2) is 6.07 Å². The Morgan fingerprint density at radius 2 is 2.17 bits per heavy atom. The molecule has 2 heterocycles. The van der Waals surface area contributed by atoms with Crippen molar-refractivity contribution in [3.8, 4) is 5.88 Å². The Morgan fingerprint density at radius 3 is 2.89 bits per heavy atom. The van der Waals surface area contributed by atoms with Crippen molar-refractivity contribution in [1.82, 2.24) is 9.97 Å². The molecule has 1 unspecified atom stereocenters. The van der Waals surface area contributed by atoms with Gasteiger partial charge in [0, 0.05) is 19.2 Å². The zero-order valence-electron chi connectivity index (χ0n) is 10.9. The standard InChI is InChI=1S/C12H20N4O2/c1-12(17)4-3-6-16(7-5-12)9-8-10(18-2)15-11(13)14-9/h8,17H,3-7H2,1-2H3,(H2,13,14,15). The number of nitrogen functional groups attached to an aromatic ring is 1. The van der Waals surface area contributed by atoms with E-state index in [4.69, 9.17) is 10.5 Å². The van der Waals surface area contributed by atoms with Gasteiger partial charge in [-0.1, -0.05) is 0 Å². The predicted molar refractivity (Wildman–Crippen MR) is 69.7 cm³/mol. The van der Waals surface area contributed by atoms with E-state index in [2.05, 4.69) is 14.9 Å². The Balaban J connectivity index is 2.18. The molecule has 2 rings (SSSR count). The normalized spacial score (nSPS) is 24.7. The Labute approximate surface area is 107 Å². The smallest absolute Gasteiger partial charge is 0.225 e. The monoisotopic (exact) mass is 252 g/mol. The molecular formula is C12H20N4O2. The number of anilines is 2. The predicted octanol–water partition coefficient (Wildman–Crippen LogP) is 0.809. The maximum atomic E-state index is 10.1. The zero-order chi connectivity index (χ0) is 13.2. The summed E-state index contributed by atoms with van der Waals surface area (Å²) in [4.78, 5) is 10.3. The lowest BCUT2D eigenvalue weighted by atomic mass is 9.98. The number of aliphatic hydroxyl groups is 1. The molecule has 0 amide bonds. The highest BCUT2D eigenvalue weighted by atomic mass is 16.5. The molecule has 1 saturated heterocycles. The van der Waals surface area contributed by atoms with Crippen molar-refractivity contribution in [3.63, 3.8) is 0 Å². The minimum Gasteiger partial charge on any atom is -0.481 e. The van der Waals surface area contributed by atoms with E-state index in [9.17, 15) is 5.11 Å². The molecule has 1 aromatic rings. The first-order valence-electron chi connectivity index (χ1n) is 6.16. The molecule has 0 bridgehead atoms. The average Bonchev–Trinajstić information content (AvgIpc) is 2.49. The Kier molecular flexibility index (Phi) is 3.56. The third-order valence-corrected chi connectivity index (χ3v) is 3.30. The van der Waals surface area contributed by atoms with Gasteiger partial charge < -0.3 is 20.5 Å². The van der Waals surface area contributed by atoms with Crippen LogP contribution in [-0.4, -0.2) is 40.9 Å². The first kappa shape index (κ1) is 12.9. The highest BCUT2D eigenvalue weighted by molar-refractivity contribution is 5.45. The molecule has 3 N–H and O–H groups in total. The van der Waals surface area contributed by atoms with Crippen molar-refractivity contribution in [3.05, 3.63) is 6.07 Å². The minimum atomic E-state index is -0.586. The number of aromatic nitrogens is 2. The van der Waals surface area contributed by atoms with E-state index in [1.807, 2.05) is 6.92 Å². The topological polar surface area (TPSA) is 84.5 Å². The van der Waals surface area contributed by atoms with Crippen molar-refractivity contribution in [1.29, 1.82) is 0 Å². The van der Waals surface area contributed by atoms with Crippen molar-refractivity contribution < 1.29 is 9.84 Å². The van der Waals surface area contributed by atoms with Gasteiger partial charge >= 0.3 is 0 Å². The van der Waals surface area contributed by atoms with Crippen LogP contribution in [0.4, 0.5) is 11.8 Å². The van der Waals surface area contributed by atoms with Crippen LogP contribution in [0, 0.1) is 0 Å². The number of rotatable bonds is 2. The molecule has 6 nitrogen and oxygen atoms in total. The summed E-state index contributed by atoms with van der Waals surface area (Å²) in [6.07, 6.45) is 2.46. The van der Waals surface area contributed by atoms with E-state index in [-0.39, 0.29) is 5.95 Å². The molecule has 1 aliphatic rings. The van der Waals surface area contributed by atoms with Gasteiger partial charge in [-0.15, -0.1) is 0 Å². The summed E-state index contributed by atoms with van der Waals surface area (Å²) >= 11 is 0. The fourth-order valence-electron chi connectivity index (χ4n) is 2.19. The summed E-state index contributed by atoms with van der Waals surface area (Å²) < 4.78 is 5.09. The van der Waals surface area contributed by atoms with Gasteiger partial charge in [-0.05, 0) is 26.2 Å². The number of hydrogen-bond acceptors (Lipinski definition) is 6. The van der Waals surface area contributed by atoms with Crippen molar-refractivity contribution in [2.75, 3.05) is 30.8 Å². The van der Waals surface area contributed by atoms with E-state index in [1.54, 1.807) is 13.2 Å². The third-order valence-electron chi connectivity index (χ3n) is 3.30. The SMILES string of the molecule is COc1cc(N2CCCC(C)(O)CC2)nc(N)n1. The number of ether oxygens (including phenoxy) is 1. The van der Waals surface area contributed by atoms with E-state index in [0.717, 1.165) is 38.2 Å². The molecule has 0 radical (unpaired) electrons. The van der Waals surface area contributed by atoms with Crippen molar-refractivity contribution in [2.24, 2.45) is 0 Å². The molecular weight excluding hydrogens is 232 g/mol. The van der Waals surface area contributed by atoms with Gasteiger partial charge in [0.15, 0.2) is 0 Å². The fourth-order valence-corrected chi connectivity index (χ4v) is 2.19. The zero-order valence-corrected chi connectivity index (χ0v) is 10.9. The lowest BCUT2D eigenvalue weighted by molar-refractivity contribution is 0.0481. The first-order chi connectivity index (χ1) is 8.50. The lowest BCUT2D eigenvalue weighted by Crippen LogP contribution is -2.29. The second-order valence-corrected chi connectivity index (χ2v) is 4.96. The molecule has 1 aliphatic heterocycles. The Bertz CT molecular complexity index is 423. The summed E-state index contributed by atoms with van der Waals surface area (Å²) in [7, 11) is 1.55. The van der Waals surface area contributed by atoms with E-state index in [0.29, 0.717) is 5.88 Å². The molecule has 0 aliphatic carbocycles. The van der Waals surface area contributed by atoms with Gasteiger partial charge in [0.1, 0.15) is 5.82 Å². The van der Waals surface area contributed by atoms with Gasteiger partial charge in [0.25, 0.3) is 0 Å². The number of nitrogens with two attached hydrogens (primary N) is 1. The van der Waals surface area contributed by atoms with Crippen LogP contribution in [0.3, 0.4) is 0 Å². The van der Waals surface area contributed by atoms with Crippen LogP contribution >= 0.6 is 0 Å². The van der Waals surface area contributed by atoms with E-state index >= 15 is 0 Å². The minimum absolute atomic E-state index is 0.209. The van der Waals surface area contributed by atoms with Crippen LogP contribution in [0.5, 0.6) is 5.88 Å². The summed E-state index contributed by atoms with van der Waals surface area (Å²) in [6.45, 7) is 3.49. The summed E-state index contributed by atoms with van der Waals surface area (Å²) in [5.74, 6) is 1.44. The van der Waals surface area contributed by atoms with Gasteiger partial charge in [0.05, 0.1) is 12.7 Å². The highest BCUT2D eigenvalue weighted by Gasteiger charge is 2.25. The Hall–Kier alpha value is -1.56. The second kappa shape index (κ2) is 4.97. The molecule has 1 atom stereocenters. The maximum absolute atomic E-state index is 10.1. The number of hydrogen-bond donors (Lipinski definition) is 2. The van der Waals surface area contributed by atoms with Gasteiger partial charge in [-0.25, -0.2) is 0 Å². The molecule has 1 fully saturated rings. The number of methoxy groups -OCH3 is 1. The molecule has 100 valence electrons. The van der Waals surface area contributed by atoms with Crippen LogP contribution in [0.1, 0.15) is 26.2 Å². The van der Waals surface area contributed by atoms with Crippen LogP contribution in [0.25, 0.3) is 0 Å². The van der Waals surface area contributed by atoms with Crippen LogP contribution in [-0.2, 0) is 0 Å². The van der Waals surface area contributed by atoms with Gasteiger partial charge in [0.2, 0.25) is 11.8 Å². The largest absolute Gasteiger partial charge is 0.481 e. The van der Waals surface area contributed by atoms with Crippen molar-refractivity contribution in [2.45, 2.75) is 31.8 Å². The summed E-state index contributed by atoms with van der Waals surface area (Å²) in [5, 5.41) is 10.1. The van der Waals surface area contributed by atoms with Crippen LogP contribution < -0.4 is 15.4 Å². The molecule has 0 spiro atoms. The lowest BCUT2D eigenvalue weighted by Gasteiger charge is -2.23. The molecule has 0 saturated carbocycles. The fraction of sp³-hybridized carbons (Fsp3) is 0.667. The quantitative estimate of drug-likeness (QED) is 0.810. The van der Waals surface area contributed by atoms with Gasteiger partial charge in [-0.3, -0.25) is 0 Å². The van der Waals surface area contributed by atoms with Gasteiger partial charge in [-0.2, -0.15) is 9.97 Å². The van der Waals surface area contributed by atoms with Crippen LogP contribution in [0.2, 0.25) is 0 Å². The molecule has 18 heavy (non-hydrogen) atoms. The average molecular weight is 252 g/mol. The molecule has 0 aromatic carbocycles. The third kappa shape index (κ3) is 3.01. The maximum Gasteiger partial charge on any atom is 0.225 e. The van der Waals surface area contributed by atoms with E-state index < -0.39 is 5.60 Å². The highest BCUT2D eigenvalue weighted by Crippen LogP contribution is 2.26. The summed E-state index contributed by atoms with van der Waals surface area (Å²) in [5.41, 5.74) is 5.07. The molecule has 6 heteroatoms. The van der Waals surface area contributed by atoms with Crippen molar-refractivity contribution >= 4 is 11.8 Å². The second-order valence-electron chi connectivity index (χ2n) is 4.96. The van der Waals surface area contributed by atoms with E-state index in [1.165, 1.54) is 0 Å². The first-order valence-corrected chi connectivity index (χ1v) is 6.16. The molecule has 1 aromatic heterocycles. The number of nitrogens with zero attached hydrogens (tertiary/aromatic N) is 3.